The Balaban J connectivity index is 1.68. The number of carbonyl (C=O) groups excluding carboxylic acids is 1. The van der Waals surface area contributed by atoms with Gasteiger partial charge in [-0.15, -0.1) is 5.10 Å². The van der Waals surface area contributed by atoms with Gasteiger partial charge in [-0.05, 0) is 29.5 Å². The number of amides is 1. The Morgan fingerprint density at radius 2 is 2.32 bits per heavy atom. The number of hydrogen-bond acceptors (Lipinski definition) is 5. The van der Waals surface area contributed by atoms with E-state index in [0.29, 0.717) is 17.9 Å². The third-order valence-electron chi connectivity index (χ3n) is 4.03. The molecule has 1 atom stereocenters. The molecule has 0 unspecified atom stereocenters. The molecule has 112 valence electrons. The van der Waals surface area contributed by atoms with Gasteiger partial charge in [0, 0.05) is 25.0 Å². The quantitative estimate of drug-likeness (QED) is 0.738. The molecule has 4 heterocycles. The highest BCUT2D eigenvalue weighted by molar-refractivity contribution is 5.97. The lowest BCUT2D eigenvalue weighted by molar-refractivity contribution is 0.0644. The fourth-order valence-electron chi connectivity index (χ4n) is 2.89. The highest BCUT2D eigenvalue weighted by atomic mass is 16.2. The molecule has 1 aliphatic heterocycles. The third kappa shape index (κ3) is 1.82. The van der Waals surface area contributed by atoms with Crippen molar-refractivity contribution >= 4 is 5.91 Å². The number of tetrazole rings is 1. The smallest absolute Gasteiger partial charge is 0.259 e. The third-order valence-corrected chi connectivity index (χ3v) is 4.03. The number of nitrogens with one attached hydrogen (secondary N) is 1. The average Bonchev–Trinajstić information content (AvgIpc) is 3.26. The number of rotatable bonds is 2. The molecule has 0 spiro atoms. The van der Waals surface area contributed by atoms with Crippen LogP contribution in [0.1, 0.15) is 29.0 Å². The van der Waals surface area contributed by atoms with Crippen molar-refractivity contribution in [2.75, 3.05) is 6.54 Å². The first-order chi connectivity index (χ1) is 10.8. The first kappa shape index (κ1) is 12.7. The van der Waals surface area contributed by atoms with Gasteiger partial charge in [-0.25, -0.2) is 0 Å². The largest absolute Gasteiger partial charge is 0.348 e. The second kappa shape index (κ2) is 4.79. The van der Waals surface area contributed by atoms with Gasteiger partial charge in [-0.2, -0.15) is 9.78 Å². The van der Waals surface area contributed by atoms with Crippen LogP contribution in [0.25, 0.3) is 5.82 Å². The van der Waals surface area contributed by atoms with E-state index in [1.807, 2.05) is 30.2 Å². The molecular formula is C13H14N8O. The summed E-state index contributed by atoms with van der Waals surface area (Å²) in [6.45, 7) is 3.47. The molecule has 0 aliphatic carbocycles. The molecule has 0 saturated carbocycles. The Labute approximate surface area is 125 Å². The fraction of sp³-hybridized carbons (Fsp3) is 0.308. The number of fused-ring (bicyclic) bond motifs is 1. The van der Waals surface area contributed by atoms with E-state index < -0.39 is 0 Å². The lowest BCUT2D eigenvalue weighted by atomic mass is 10.1. The van der Waals surface area contributed by atoms with Gasteiger partial charge < -0.3 is 9.47 Å². The van der Waals surface area contributed by atoms with Crippen LogP contribution in [0.15, 0.2) is 30.9 Å². The van der Waals surface area contributed by atoms with Crippen LogP contribution in [-0.4, -0.2) is 52.3 Å². The number of hydrogen-bond donors (Lipinski definition) is 1. The summed E-state index contributed by atoms with van der Waals surface area (Å²) in [7, 11) is 0. The first-order valence-corrected chi connectivity index (χ1v) is 6.98. The van der Waals surface area contributed by atoms with Gasteiger partial charge in [-0.1, -0.05) is 0 Å². The molecule has 3 aromatic rings. The van der Waals surface area contributed by atoms with Gasteiger partial charge in [0.05, 0.1) is 12.2 Å². The fourth-order valence-corrected chi connectivity index (χ4v) is 2.89. The summed E-state index contributed by atoms with van der Waals surface area (Å²) < 4.78 is 3.57. The van der Waals surface area contributed by atoms with Crippen molar-refractivity contribution in [3.63, 3.8) is 0 Å². The van der Waals surface area contributed by atoms with Gasteiger partial charge in [0.15, 0.2) is 5.82 Å². The maximum Gasteiger partial charge on any atom is 0.259 e. The summed E-state index contributed by atoms with van der Waals surface area (Å²) >= 11 is 0. The summed E-state index contributed by atoms with van der Waals surface area (Å²) in [5, 5.41) is 17.7. The lowest BCUT2D eigenvalue weighted by Gasteiger charge is -2.34. The minimum Gasteiger partial charge on any atom is -0.348 e. The minimum absolute atomic E-state index is 0.00729. The van der Waals surface area contributed by atoms with E-state index in [4.69, 9.17) is 0 Å². The van der Waals surface area contributed by atoms with Crippen molar-refractivity contribution in [3.05, 3.63) is 42.1 Å². The van der Waals surface area contributed by atoms with Crippen molar-refractivity contribution in [2.45, 2.75) is 19.5 Å². The number of aromatic nitrogens is 7. The van der Waals surface area contributed by atoms with E-state index in [9.17, 15) is 4.79 Å². The normalized spacial score (nSPS) is 17.5. The van der Waals surface area contributed by atoms with Crippen LogP contribution in [-0.2, 0) is 6.54 Å². The molecule has 9 heteroatoms. The Morgan fingerprint density at radius 3 is 3.14 bits per heavy atom. The molecule has 22 heavy (non-hydrogen) atoms. The van der Waals surface area contributed by atoms with Crippen LogP contribution in [0.3, 0.4) is 0 Å². The summed E-state index contributed by atoms with van der Waals surface area (Å²) in [6, 6.07) is 4.05. The van der Waals surface area contributed by atoms with Crippen molar-refractivity contribution in [3.8, 4) is 5.82 Å². The van der Waals surface area contributed by atoms with Crippen LogP contribution in [0.4, 0.5) is 0 Å². The standard InChI is InChI=1S/C13H14N8O/c1-9-11-3-2-4-19(11)5-6-20(9)13(22)10-7-14-16-12(10)21-8-15-17-18-21/h2-4,7-9H,5-6H2,1H3,(H,14,16)/t9-/m1/s1. The summed E-state index contributed by atoms with van der Waals surface area (Å²) in [5.74, 6) is 0.391. The maximum absolute atomic E-state index is 12.9. The Hall–Kier alpha value is -2.97. The van der Waals surface area contributed by atoms with Gasteiger partial charge in [0.1, 0.15) is 11.9 Å². The van der Waals surface area contributed by atoms with E-state index >= 15 is 0 Å². The Kier molecular flexibility index (Phi) is 2.78. The monoisotopic (exact) mass is 298 g/mol. The Morgan fingerprint density at radius 1 is 1.41 bits per heavy atom. The lowest BCUT2D eigenvalue weighted by Crippen LogP contribution is -2.40. The summed E-state index contributed by atoms with van der Waals surface area (Å²) in [5.41, 5.74) is 1.59. The number of aromatic amines is 1. The molecule has 0 aromatic carbocycles. The van der Waals surface area contributed by atoms with Crippen molar-refractivity contribution < 1.29 is 4.79 Å². The van der Waals surface area contributed by atoms with Crippen molar-refractivity contribution in [1.29, 1.82) is 0 Å². The second-order valence-corrected chi connectivity index (χ2v) is 5.19. The molecule has 9 nitrogen and oxygen atoms in total. The molecule has 4 rings (SSSR count). The molecule has 0 bridgehead atoms. The molecule has 1 aliphatic rings. The van der Waals surface area contributed by atoms with Crippen LogP contribution < -0.4 is 0 Å². The van der Waals surface area contributed by atoms with Crippen molar-refractivity contribution in [1.82, 2.24) is 39.9 Å². The Bertz CT molecular complexity index is 802. The second-order valence-electron chi connectivity index (χ2n) is 5.19. The van der Waals surface area contributed by atoms with Gasteiger partial charge in [0.25, 0.3) is 5.91 Å². The molecular weight excluding hydrogens is 284 g/mol. The molecule has 0 saturated heterocycles. The topological polar surface area (TPSA) is 97.5 Å². The SMILES string of the molecule is C[C@@H]1c2cccn2CCN1C(=O)c1cn[nH]c1-n1cnnn1. The summed E-state index contributed by atoms with van der Waals surface area (Å²) in [6.07, 6.45) is 4.98. The van der Waals surface area contributed by atoms with Crippen LogP contribution in [0, 0.1) is 0 Å². The van der Waals surface area contributed by atoms with Gasteiger partial charge in [-0.3, -0.25) is 9.89 Å². The van der Waals surface area contributed by atoms with E-state index in [0.717, 1.165) is 12.2 Å². The number of H-pyrrole nitrogens is 1. The zero-order chi connectivity index (χ0) is 15.1. The molecule has 0 fully saturated rings. The van der Waals surface area contributed by atoms with E-state index in [2.05, 4.69) is 30.3 Å². The predicted octanol–water partition coefficient (Wildman–Crippen LogP) is 0.404. The average molecular weight is 298 g/mol. The van der Waals surface area contributed by atoms with Crippen LogP contribution >= 0.6 is 0 Å². The van der Waals surface area contributed by atoms with Crippen LogP contribution in [0.2, 0.25) is 0 Å². The van der Waals surface area contributed by atoms with E-state index in [-0.39, 0.29) is 11.9 Å². The zero-order valence-corrected chi connectivity index (χ0v) is 11.9. The minimum atomic E-state index is -0.0841. The van der Waals surface area contributed by atoms with Crippen LogP contribution in [0.5, 0.6) is 0 Å². The molecule has 1 N–H and O–H groups in total. The van der Waals surface area contributed by atoms with Gasteiger partial charge >= 0.3 is 0 Å². The first-order valence-electron chi connectivity index (χ1n) is 6.98. The van der Waals surface area contributed by atoms with Gasteiger partial charge in [0.2, 0.25) is 0 Å². The maximum atomic E-state index is 12.9. The van der Waals surface area contributed by atoms with E-state index in [1.165, 1.54) is 17.2 Å². The highest BCUT2D eigenvalue weighted by Crippen LogP contribution is 2.27. The highest BCUT2D eigenvalue weighted by Gasteiger charge is 2.30. The number of carbonyl (C=O) groups is 1. The summed E-state index contributed by atoms with van der Waals surface area (Å²) in [4.78, 5) is 14.7. The zero-order valence-electron chi connectivity index (χ0n) is 11.9. The van der Waals surface area contributed by atoms with Crippen molar-refractivity contribution in [2.24, 2.45) is 0 Å². The predicted molar refractivity (Wildman–Crippen MR) is 75.2 cm³/mol. The molecule has 1 amide bonds. The van der Waals surface area contributed by atoms with E-state index in [1.54, 1.807) is 0 Å². The number of nitrogens with zero attached hydrogens (tertiary/aromatic N) is 7. The molecule has 3 aromatic heterocycles. The molecule has 0 radical (unpaired) electrons.